The molecule has 0 N–H and O–H groups in total. The Morgan fingerprint density at radius 3 is 2.05 bits per heavy atom. The number of hydrogen-bond donors (Lipinski definition) is 0. The second-order valence-electron chi connectivity index (χ2n) is 12.0. The molecule has 0 aromatic heterocycles. The number of hydrogen-bond acceptors (Lipinski definition) is 5. The van der Waals surface area contributed by atoms with Gasteiger partial charge in [-0.05, 0) is 92.3 Å². The van der Waals surface area contributed by atoms with Crippen LogP contribution in [0.1, 0.15) is 29.7 Å². The number of ether oxygens (including phenoxy) is 1. The van der Waals surface area contributed by atoms with Crippen LogP contribution in [0.2, 0.25) is 0 Å². The average Bonchev–Trinajstić information content (AvgIpc) is 3.56. The van der Waals surface area contributed by atoms with Gasteiger partial charge in [-0.3, -0.25) is 0 Å². The van der Waals surface area contributed by atoms with Crippen LogP contribution in [0.5, 0.6) is 5.75 Å². The Labute approximate surface area is 254 Å². The Hall–Kier alpha value is -4.74. The predicted molar refractivity (Wildman–Crippen MR) is 177 cm³/mol. The number of fused-ring (bicyclic) bond motifs is 4. The lowest BCUT2D eigenvalue weighted by molar-refractivity contribution is 0.234. The Balaban J connectivity index is 1.16. The molecule has 0 aliphatic carbocycles. The number of anilines is 6. The maximum atomic E-state index is 6.34. The maximum absolute atomic E-state index is 6.34. The van der Waals surface area contributed by atoms with Gasteiger partial charge in [-0.1, -0.05) is 60.7 Å². The SMILES string of the molecule is CN1CCC2C(C1)c1cc(N(c3ccccc3)c3ccccc3)ccc1N2c1ccc(C2Oc3ccccc3N2C)cc1. The lowest BCUT2D eigenvalue weighted by Crippen LogP contribution is -2.43. The lowest BCUT2D eigenvalue weighted by atomic mass is 9.89. The fraction of sp³-hybridized carbons (Fsp3) is 0.211. The van der Waals surface area contributed by atoms with Crippen LogP contribution in [0, 0.1) is 0 Å². The zero-order chi connectivity index (χ0) is 28.9. The van der Waals surface area contributed by atoms with Crippen LogP contribution in [-0.4, -0.2) is 38.1 Å². The fourth-order valence-electron chi connectivity index (χ4n) is 7.29. The molecule has 1 saturated heterocycles. The molecule has 0 amide bonds. The minimum atomic E-state index is -0.113. The molecule has 0 bridgehead atoms. The Morgan fingerprint density at radius 1 is 0.674 bits per heavy atom. The van der Waals surface area contributed by atoms with Gasteiger partial charge < -0.3 is 24.3 Å². The van der Waals surface area contributed by atoms with E-state index in [1.54, 1.807) is 0 Å². The largest absolute Gasteiger partial charge is 0.464 e. The molecule has 5 aromatic carbocycles. The minimum absolute atomic E-state index is 0.113. The highest BCUT2D eigenvalue weighted by Crippen LogP contribution is 2.51. The van der Waals surface area contributed by atoms with Gasteiger partial charge in [0.1, 0.15) is 5.75 Å². The van der Waals surface area contributed by atoms with E-state index in [-0.39, 0.29) is 6.23 Å². The van der Waals surface area contributed by atoms with E-state index in [9.17, 15) is 0 Å². The first-order valence-corrected chi connectivity index (χ1v) is 15.3. The molecule has 3 aliphatic heterocycles. The molecular formula is C38H36N4O. The van der Waals surface area contributed by atoms with Gasteiger partial charge in [-0.15, -0.1) is 0 Å². The molecule has 5 nitrogen and oxygen atoms in total. The number of nitrogens with zero attached hydrogens (tertiary/aromatic N) is 4. The predicted octanol–water partition coefficient (Wildman–Crippen LogP) is 8.62. The van der Waals surface area contributed by atoms with Crippen molar-refractivity contribution < 1.29 is 4.74 Å². The smallest absolute Gasteiger partial charge is 0.198 e. The Bertz CT molecular complexity index is 1700. The van der Waals surface area contributed by atoms with Crippen molar-refractivity contribution in [3.8, 4) is 5.75 Å². The summed E-state index contributed by atoms with van der Waals surface area (Å²) >= 11 is 0. The lowest BCUT2D eigenvalue weighted by Gasteiger charge is -2.37. The molecule has 43 heavy (non-hydrogen) atoms. The van der Waals surface area contributed by atoms with Crippen LogP contribution >= 0.6 is 0 Å². The maximum Gasteiger partial charge on any atom is 0.198 e. The van der Waals surface area contributed by atoms with Crippen molar-refractivity contribution in [1.29, 1.82) is 0 Å². The van der Waals surface area contributed by atoms with Gasteiger partial charge in [0.25, 0.3) is 0 Å². The van der Waals surface area contributed by atoms with E-state index >= 15 is 0 Å². The molecule has 5 aromatic rings. The number of likely N-dealkylation sites (N-methyl/N-ethyl adjacent to an activating group) is 1. The Morgan fingerprint density at radius 2 is 1.35 bits per heavy atom. The van der Waals surface area contributed by atoms with Crippen LogP contribution in [0.25, 0.3) is 0 Å². The molecule has 1 fully saturated rings. The molecule has 5 heteroatoms. The third kappa shape index (κ3) is 4.43. The van der Waals surface area contributed by atoms with Crippen molar-refractivity contribution in [3.05, 3.63) is 139 Å². The quantitative estimate of drug-likeness (QED) is 0.213. The molecule has 0 radical (unpaired) electrons. The first-order chi connectivity index (χ1) is 21.2. The molecule has 0 saturated carbocycles. The summed E-state index contributed by atoms with van der Waals surface area (Å²) in [6, 6.07) is 46.2. The first kappa shape index (κ1) is 25.9. The third-order valence-electron chi connectivity index (χ3n) is 9.36. The van der Waals surface area contributed by atoms with Gasteiger partial charge in [0.05, 0.1) is 5.69 Å². The number of piperidine rings is 1. The molecule has 8 rings (SSSR count). The minimum Gasteiger partial charge on any atom is -0.464 e. The fourth-order valence-corrected chi connectivity index (χ4v) is 7.29. The highest BCUT2D eigenvalue weighted by molar-refractivity contribution is 5.81. The summed E-state index contributed by atoms with van der Waals surface area (Å²) in [6.07, 6.45) is 1.02. The van der Waals surface area contributed by atoms with E-state index in [2.05, 4.69) is 149 Å². The highest BCUT2D eigenvalue weighted by atomic mass is 16.5. The summed E-state index contributed by atoms with van der Waals surface area (Å²) in [7, 11) is 4.36. The Kier molecular flexibility index (Phi) is 6.34. The zero-order valence-electron chi connectivity index (χ0n) is 24.7. The zero-order valence-corrected chi connectivity index (χ0v) is 24.7. The normalized spacial score (nSPS) is 20.7. The molecule has 3 unspecified atom stereocenters. The summed E-state index contributed by atoms with van der Waals surface area (Å²) in [4.78, 5) is 9.68. The second-order valence-corrected chi connectivity index (χ2v) is 12.0. The van der Waals surface area contributed by atoms with Gasteiger partial charge in [0.2, 0.25) is 0 Å². The molecule has 3 atom stereocenters. The summed E-state index contributed by atoms with van der Waals surface area (Å²) < 4.78 is 6.34. The van der Waals surface area contributed by atoms with E-state index in [1.165, 1.54) is 28.2 Å². The van der Waals surface area contributed by atoms with Crippen LogP contribution in [0.15, 0.2) is 127 Å². The van der Waals surface area contributed by atoms with Crippen LogP contribution in [0.3, 0.4) is 0 Å². The molecule has 3 aliphatic rings. The topological polar surface area (TPSA) is 22.2 Å². The first-order valence-electron chi connectivity index (χ1n) is 15.3. The molecular weight excluding hydrogens is 528 g/mol. The summed E-state index contributed by atoms with van der Waals surface area (Å²) in [5.74, 6) is 1.39. The van der Waals surface area contributed by atoms with E-state index in [0.29, 0.717) is 12.0 Å². The number of rotatable bonds is 5. The standard InChI is InChI=1S/C38H36N4O/c1-39-24-23-35-33(26-39)32-25-31(41(28-11-5-3-6-12-28)29-13-7-4-8-14-29)21-22-34(32)42(35)30-19-17-27(18-20-30)38-40(2)36-15-9-10-16-37(36)43-38/h3-22,25,33,35,38H,23-24,26H2,1-2H3. The van der Waals surface area contributed by atoms with Crippen molar-refractivity contribution >= 4 is 34.1 Å². The van der Waals surface area contributed by atoms with Crippen LogP contribution < -0.4 is 19.4 Å². The van der Waals surface area contributed by atoms with Gasteiger partial charge in [-0.25, -0.2) is 0 Å². The van der Waals surface area contributed by atoms with Crippen LogP contribution in [-0.2, 0) is 0 Å². The second kappa shape index (κ2) is 10.5. The number of likely N-dealkylation sites (tertiary alicyclic amines) is 1. The van der Waals surface area contributed by atoms with Crippen LogP contribution in [0.4, 0.5) is 34.1 Å². The van der Waals surface area contributed by atoms with Crippen molar-refractivity contribution in [3.63, 3.8) is 0 Å². The summed E-state index contributed by atoms with van der Waals surface area (Å²) in [5.41, 5.74) is 9.83. The van der Waals surface area contributed by atoms with E-state index in [0.717, 1.165) is 42.3 Å². The average molecular weight is 565 g/mol. The molecule has 214 valence electrons. The number of benzene rings is 5. The van der Waals surface area contributed by atoms with Gasteiger partial charge in [0, 0.05) is 59.6 Å². The van der Waals surface area contributed by atoms with Crippen molar-refractivity contribution in [2.45, 2.75) is 24.6 Å². The van der Waals surface area contributed by atoms with Crippen molar-refractivity contribution in [2.75, 3.05) is 41.9 Å². The summed E-state index contributed by atoms with van der Waals surface area (Å²) in [5, 5.41) is 0. The van der Waals surface area contributed by atoms with E-state index < -0.39 is 0 Å². The van der Waals surface area contributed by atoms with Gasteiger partial charge >= 0.3 is 0 Å². The third-order valence-corrected chi connectivity index (χ3v) is 9.36. The molecule has 0 spiro atoms. The van der Waals surface area contributed by atoms with Crippen molar-refractivity contribution in [1.82, 2.24) is 4.90 Å². The van der Waals surface area contributed by atoms with Gasteiger partial charge in [-0.2, -0.15) is 0 Å². The summed E-state index contributed by atoms with van der Waals surface area (Å²) in [6.45, 7) is 2.17. The molecule has 3 heterocycles. The van der Waals surface area contributed by atoms with Gasteiger partial charge in [0.15, 0.2) is 6.23 Å². The van der Waals surface area contributed by atoms with E-state index in [1.807, 2.05) is 12.1 Å². The van der Waals surface area contributed by atoms with E-state index in [4.69, 9.17) is 4.74 Å². The number of para-hydroxylation sites is 4. The monoisotopic (exact) mass is 564 g/mol. The van der Waals surface area contributed by atoms with Crippen molar-refractivity contribution in [2.24, 2.45) is 0 Å². The highest BCUT2D eigenvalue weighted by Gasteiger charge is 2.42.